The predicted molar refractivity (Wildman–Crippen MR) is 133 cm³/mol. The summed E-state index contributed by atoms with van der Waals surface area (Å²) in [5.41, 5.74) is 2.77. The van der Waals surface area contributed by atoms with Crippen molar-refractivity contribution in [1.29, 1.82) is 0 Å². The minimum atomic E-state index is -0.637. The largest absolute Gasteiger partial charge is 0.466 e. The van der Waals surface area contributed by atoms with Gasteiger partial charge in [-0.2, -0.15) is 0 Å². The van der Waals surface area contributed by atoms with Gasteiger partial charge in [0.05, 0.1) is 18.6 Å². The van der Waals surface area contributed by atoms with Crippen molar-refractivity contribution in [3.8, 4) is 0 Å². The monoisotopic (exact) mass is 477 g/mol. The minimum Gasteiger partial charge on any atom is -0.466 e. The van der Waals surface area contributed by atoms with Crippen molar-refractivity contribution in [2.45, 2.75) is 63.5 Å². The van der Waals surface area contributed by atoms with Gasteiger partial charge in [-0.25, -0.2) is 9.18 Å². The molecule has 0 spiro atoms. The molecule has 0 saturated heterocycles. The summed E-state index contributed by atoms with van der Waals surface area (Å²) in [6.07, 6.45) is 5.26. The average Bonchev–Trinajstić information content (AvgIpc) is 3.23. The van der Waals surface area contributed by atoms with Crippen LogP contribution in [0.1, 0.15) is 68.3 Å². The Morgan fingerprint density at radius 2 is 1.86 bits per heavy atom. The summed E-state index contributed by atoms with van der Waals surface area (Å²) in [5.74, 6) is -0.641. The maximum Gasteiger partial charge on any atom is 0.318 e. The van der Waals surface area contributed by atoms with E-state index in [0.29, 0.717) is 25.1 Å². The summed E-state index contributed by atoms with van der Waals surface area (Å²) in [5, 5.41) is 4.33. The van der Waals surface area contributed by atoms with E-state index in [9.17, 15) is 9.59 Å². The Kier molecular flexibility index (Phi) is 6.50. The lowest BCUT2D eigenvalue weighted by Crippen LogP contribution is -2.57. The molecular weight excluding hydrogens is 445 g/mol. The predicted octanol–water partition coefficient (Wildman–Crippen LogP) is 5.62. The van der Waals surface area contributed by atoms with Gasteiger partial charge >= 0.3 is 12.0 Å². The van der Waals surface area contributed by atoms with Crippen LogP contribution in [0, 0.1) is 5.82 Å². The zero-order chi connectivity index (χ0) is 24.4. The molecule has 3 aromatic rings. The molecule has 1 fully saturated rings. The molecule has 1 saturated carbocycles. The Morgan fingerprint density at radius 3 is 2.63 bits per heavy atom. The normalized spacial score (nSPS) is 19.3. The highest BCUT2D eigenvalue weighted by Crippen LogP contribution is 2.40. The summed E-state index contributed by atoms with van der Waals surface area (Å²) in [6.45, 7) is 2.55. The quantitative estimate of drug-likeness (QED) is 0.469. The van der Waals surface area contributed by atoms with Gasteiger partial charge in [0.2, 0.25) is 0 Å². The number of H-pyrrole nitrogens is 1. The number of fused-ring (bicyclic) bond motifs is 3. The molecular formula is C28H32FN3O3. The van der Waals surface area contributed by atoms with Gasteiger partial charge in [-0.15, -0.1) is 0 Å². The first kappa shape index (κ1) is 23.4. The van der Waals surface area contributed by atoms with Crippen LogP contribution in [0.5, 0.6) is 0 Å². The van der Waals surface area contributed by atoms with Crippen LogP contribution < -0.4 is 5.32 Å². The Labute approximate surface area is 204 Å². The fourth-order valence-corrected chi connectivity index (χ4v) is 5.84. The van der Waals surface area contributed by atoms with Crippen molar-refractivity contribution in [3.63, 3.8) is 0 Å². The maximum absolute atomic E-state index is 15.1. The molecule has 6 nitrogen and oxygen atoms in total. The van der Waals surface area contributed by atoms with E-state index >= 15 is 4.39 Å². The zero-order valence-corrected chi connectivity index (χ0v) is 20.1. The molecule has 2 amide bonds. The van der Waals surface area contributed by atoms with E-state index in [2.05, 4.69) is 16.4 Å². The lowest BCUT2D eigenvalue weighted by molar-refractivity contribution is -0.145. The third-order valence-corrected chi connectivity index (χ3v) is 7.47. The summed E-state index contributed by atoms with van der Waals surface area (Å²) >= 11 is 0. The SMILES string of the molecule is CCOC(=O)CC1(NC(=O)N2CCc3c([nH]c4ccccc34)C2c2ccccc2F)CCCCC1. The molecule has 2 aliphatic rings. The van der Waals surface area contributed by atoms with E-state index in [-0.39, 0.29) is 24.2 Å². The number of halogens is 1. The van der Waals surface area contributed by atoms with E-state index in [0.717, 1.165) is 54.3 Å². The number of hydrogen-bond donors (Lipinski definition) is 2. The van der Waals surface area contributed by atoms with Crippen LogP contribution in [0.3, 0.4) is 0 Å². The van der Waals surface area contributed by atoms with Gasteiger partial charge in [0.25, 0.3) is 0 Å². The number of aromatic amines is 1. The molecule has 1 aromatic heterocycles. The number of nitrogens with zero attached hydrogens (tertiary/aromatic N) is 1. The number of nitrogens with one attached hydrogen (secondary N) is 2. The van der Waals surface area contributed by atoms with Crippen LogP contribution in [0.4, 0.5) is 9.18 Å². The summed E-state index contributed by atoms with van der Waals surface area (Å²) in [7, 11) is 0. The van der Waals surface area contributed by atoms with Crippen LogP contribution >= 0.6 is 0 Å². The highest BCUT2D eigenvalue weighted by atomic mass is 19.1. The minimum absolute atomic E-state index is 0.155. The highest BCUT2D eigenvalue weighted by Gasteiger charge is 2.41. The Morgan fingerprint density at radius 1 is 1.11 bits per heavy atom. The first-order valence-corrected chi connectivity index (χ1v) is 12.6. The lowest BCUT2D eigenvalue weighted by atomic mass is 9.79. The van der Waals surface area contributed by atoms with Gasteiger partial charge in [-0.1, -0.05) is 55.7 Å². The second-order valence-corrected chi connectivity index (χ2v) is 9.68. The van der Waals surface area contributed by atoms with Gasteiger partial charge in [0, 0.05) is 28.7 Å². The maximum atomic E-state index is 15.1. The number of rotatable bonds is 5. The average molecular weight is 478 g/mol. The summed E-state index contributed by atoms with van der Waals surface area (Å²) in [4.78, 5) is 31.5. The fraction of sp³-hybridized carbons (Fsp3) is 0.429. The van der Waals surface area contributed by atoms with E-state index in [1.807, 2.05) is 18.2 Å². The van der Waals surface area contributed by atoms with Crippen molar-refractivity contribution in [3.05, 3.63) is 71.2 Å². The van der Waals surface area contributed by atoms with E-state index in [4.69, 9.17) is 4.74 Å². The Hall–Kier alpha value is -3.35. The lowest BCUT2D eigenvalue weighted by Gasteiger charge is -2.42. The third-order valence-electron chi connectivity index (χ3n) is 7.47. The van der Waals surface area contributed by atoms with E-state index in [1.165, 1.54) is 6.07 Å². The fourth-order valence-electron chi connectivity index (χ4n) is 5.84. The molecule has 35 heavy (non-hydrogen) atoms. The van der Waals surface area contributed by atoms with Crippen molar-refractivity contribution < 1.29 is 18.7 Å². The molecule has 0 radical (unpaired) electrons. The number of aromatic nitrogens is 1. The number of benzene rings is 2. The molecule has 1 unspecified atom stereocenters. The molecule has 1 aliphatic heterocycles. The van der Waals surface area contributed by atoms with Crippen LogP contribution in [0.2, 0.25) is 0 Å². The second-order valence-electron chi connectivity index (χ2n) is 9.68. The number of ether oxygens (including phenoxy) is 1. The van der Waals surface area contributed by atoms with Crippen molar-refractivity contribution in [1.82, 2.24) is 15.2 Å². The number of carbonyl (C=O) groups excluding carboxylic acids is 2. The van der Waals surface area contributed by atoms with Crippen molar-refractivity contribution >= 4 is 22.9 Å². The number of carbonyl (C=O) groups is 2. The number of amides is 2. The molecule has 2 N–H and O–H groups in total. The van der Waals surface area contributed by atoms with Crippen LogP contribution in [-0.2, 0) is 16.0 Å². The van der Waals surface area contributed by atoms with Crippen molar-refractivity contribution in [2.75, 3.05) is 13.2 Å². The smallest absolute Gasteiger partial charge is 0.318 e. The summed E-state index contributed by atoms with van der Waals surface area (Å²) in [6, 6.07) is 13.8. The number of urea groups is 1. The Balaban J connectivity index is 1.51. The van der Waals surface area contributed by atoms with Crippen LogP contribution in [0.15, 0.2) is 48.5 Å². The van der Waals surface area contributed by atoms with Crippen molar-refractivity contribution in [2.24, 2.45) is 0 Å². The number of esters is 1. The molecule has 0 bridgehead atoms. The Bertz CT molecular complexity index is 1230. The first-order valence-electron chi connectivity index (χ1n) is 12.6. The number of hydrogen-bond acceptors (Lipinski definition) is 3. The topological polar surface area (TPSA) is 74.4 Å². The van der Waals surface area contributed by atoms with E-state index in [1.54, 1.807) is 30.0 Å². The molecule has 7 heteroatoms. The van der Waals surface area contributed by atoms with Gasteiger partial charge in [-0.05, 0) is 43.9 Å². The molecule has 1 aliphatic carbocycles. The summed E-state index contributed by atoms with van der Waals surface area (Å²) < 4.78 is 20.3. The van der Waals surface area contributed by atoms with Crippen LogP contribution in [0.25, 0.3) is 10.9 Å². The van der Waals surface area contributed by atoms with E-state index < -0.39 is 11.6 Å². The molecule has 184 valence electrons. The molecule has 1 atom stereocenters. The molecule has 2 heterocycles. The standard InChI is InChI=1S/C28H32FN3O3/c1-2-35-24(33)18-28(15-8-3-9-16-28)31-27(34)32-17-14-20-19-10-5-7-13-23(19)30-25(20)26(32)21-11-4-6-12-22(21)29/h4-7,10-13,26,30H,2-3,8-9,14-18H2,1H3,(H,31,34). The van der Waals surface area contributed by atoms with Gasteiger partial charge in [0.1, 0.15) is 11.9 Å². The molecule has 2 aromatic carbocycles. The third kappa shape index (κ3) is 4.51. The first-order chi connectivity index (χ1) is 17.0. The highest BCUT2D eigenvalue weighted by molar-refractivity contribution is 5.86. The number of para-hydroxylation sites is 1. The zero-order valence-electron chi connectivity index (χ0n) is 20.1. The van der Waals surface area contributed by atoms with Gasteiger partial charge in [-0.3, -0.25) is 4.79 Å². The van der Waals surface area contributed by atoms with Gasteiger partial charge < -0.3 is 19.9 Å². The molecule has 5 rings (SSSR count). The van der Waals surface area contributed by atoms with Gasteiger partial charge in [0.15, 0.2) is 0 Å². The van der Waals surface area contributed by atoms with Crippen LogP contribution in [-0.4, -0.2) is 40.6 Å². The second kappa shape index (κ2) is 9.72.